The van der Waals surface area contributed by atoms with Crippen LogP contribution in [0.3, 0.4) is 0 Å². The molecule has 72 valence electrons. The first-order valence-corrected chi connectivity index (χ1v) is 4.76. The Kier molecular flexibility index (Phi) is 2.44. The van der Waals surface area contributed by atoms with Gasteiger partial charge in [-0.1, -0.05) is 30.3 Å². The lowest BCUT2D eigenvalue weighted by Crippen LogP contribution is -2.15. The van der Waals surface area contributed by atoms with E-state index in [0.717, 1.165) is 24.1 Å². The highest BCUT2D eigenvalue weighted by molar-refractivity contribution is 5.87. The molecule has 14 heavy (non-hydrogen) atoms. The van der Waals surface area contributed by atoms with Crippen molar-refractivity contribution >= 4 is 11.8 Å². The maximum atomic E-state index is 13.6. The fraction of sp³-hybridized carbons (Fsp3) is 0.250. The van der Waals surface area contributed by atoms with Crippen molar-refractivity contribution in [2.24, 2.45) is 0 Å². The Morgan fingerprint density at radius 3 is 2.57 bits per heavy atom. The van der Waals surface area contributed by atoms with Crippen LogP contribution >= 0.6 is 0 Å². The van der Waals surface area contributed by atoms with E-state index in [1.165, 1.54) is 0 Å². The molecular weight excluding hydrogens is 177 g/mol. The van der Waals surface area contributed by atoms with Gasteiger partial charge in [0.25, 0.3) is 0 Å². The zero-order chi connectivity index (χ0) is 9.97. The molecule has 2 heteroatoms. The lowest BCUT2D eigenvalue weighted by atomic mass is 10.0. The SMILES string of the molecule is C[N+]1=CC(F)=C(c2ccccc2)CC1. The molecule has 0 saturated carbocycles. The maximum Gasteiger partial charge on any atom is 0.199 e. The van der Waals surface area contributed by atoms with Gasteiger partial charge in [-0.25, -0.2) is 8.97 Å². The predicted molar refractivity (Wildman–Crippen MR) is 56.2 cm³/mol. The molecule has 1 aliphatic rings. The largest absolute Gasteiger partial charge is 0.236 e. The first kappa shape index (κ1) is 9.13. The lowest BCUT2D eigenvalue weighted by Gasteiger charge is -2.10. The average molecular weight is 190 g/mol. The highest BCUT2D eigenvalue weighted by atomic mass is 19.1. The molecule has 0 amide bonds. The van der Waals surface area contributed by atoms with E-state index in [1.807, 2.05) is 42.0 Å². The Balaban J connectivity index is 2.41. The van der Waals surface area contributed by atoms with Gasteiger partial charge in [-0.15, -0.1) is 0 Å². The Bertz CT molecular complexity index is 390. The molecule has 0 unspecified atom stereocenters. The smallest absolute Gasteiger partial charge is 0.199 e. The van der Waals surface area contributed by atoms with Crippen LogP contribution in [0.1, 0.15) is 12.0 Å². The van der Waals surface area contributed by atoms with Crippen molar-refractivity contribution in [2.45, 2.75) is 6.42 Å². The van der Waals surface area contributed by atoms with E-state index in [9.17, 15) is 4.39 Å². The summed E-state index contributed by atoms with van der Waals surface area (Å²) in [7, 11) is 1.89. The molecule has 1 aliphatic heterocycles. The van der Waals surface area contributed by atoms with Crippen molar-refractivity contribution in [3.63, 3.8) is 0 Å². The molecule has 0 aromatic heterocycles. The van der Waals surface area contributed by atoms with Gasteiger partial charge < -0.3 is 0 Å². The molecule has 0 fully saturated rings. The van der Waals surface area contributed by atoms with Crippen LogP contribution in [0.15, 0.2) is 36.2 Å². The average Bonchev–Trinajstić information content (AvgIpc) is 2.19. The number of hydrogen-bond donors (Lipinski definition) is 0. The van der Waals surface area contributed by atoms with Gasteiger partial charge in [-0.05, 0) is 5.56 Å². The Labute approximate surface area is 83.2 Å². The van der Waals surface area contributed by atoms with Crippen LogP contribution in [0.25, 0.3) is 5.57 Å². The number of rotatable bonds is 1. The second-order valence-corrected chi connectivity index (χ2v) is 3.55. The molecule has 2 rings (SSSR count). The van der Waals surface area contributed by atoms with Crippen LogP contribution in [-0.2, 0) is 0 Å². The topological polar surface area (TPSA) is 3.01 Å². The van der Waals surface area contributed by atoms with Crippen LogP contribution in [0, 0.1) is 0 Å². The molecule has 0 atom stereocenters. The van der Waals surface area contributed by atoms with Gasteiger partial charge in [0.1, 0.15) is 13.6 Å². The summed E-state index contributed by atoms with van der Waals surface area (Å²) in [6.45, 7) is 0.887. The summed E-state index contributed by atoms with van der Waals surface area (Å²) in [6.07, 6.45) is 2.34. The number of hydrogen-bond acceptors (Lipinski definition) is 0. The van der Waals surface area contributed by atoms with E-state index in [0.29, 0.717) is 0 Å². The maximum absolute atomic E-state index is 13.6. The normalized spacial score (nSPS) is 16.9. The molecule has 1 nitrogen and oxygen atoms in total. The van der Waals surface area contributed by atoms with Crippen molar-refractivity contribution in [2.75, 3.05) is 13.6 Å². The van der Waals surface area contributed by atoms with E-state index >= 15 is 0 Å². The number of benzene rings is 1. The third-order valence-electron chi connectivity index (χ3n) is 2.46. The highest BCUT2D eigenvalue weighted by Gasteiger charge is 2.16. The van der Waals surface area contributed by atoms with Crippen molar-refractivity contribution in [1.82, 2.24) is 0 Å². The van der Waals surface area contributed by atoms with E-state index in [-0.39, 0.29) is 5.83 Å². The minimum atomic E-state index is -0.107. The van der Waals surface area contributed by atoms with Crippen molar-refractivity contribution < 1.29 is 8.97 Å². The van der Waals surface area contributed by atoms with Gasteiger partial charge >= 0.3 is 0 Å². The molecule has 0 radical (unpaired) electrons. The highest BCUT2D eigenvalue weighted by Crippen LogP contribution is 2.24. The van der Waals surface area contributed by atoms with Crippen LogP contribution in [0.4, 0.5) is 4.39 Å². The van der Waals surface area contributed by atoms with Crippen LogP contribution < -0.4 is 0 Å². The van der Waals surface area contributed by atoms with Gasteiger partial charge in [0.2, 0.25) is 0 Å². The molecule has 0 N–H and O–H groups in total. The minimum Gasteiger partial charge on any atom is -0.236 e. The second kappa shape index (κ2) is 3.74. The monoisotopic (exact) mass is 190 g/mol. The van der Waals surface area contributed by atoms with Crippen molar-refractivity contribution in [1.29, 1.82) is 0 Å². The standard InChI is InChI=1S/C12H13FN/c1-14-8-7-11(12(13)9-14)10-5-3-2-4-6-10/h2-6,9H,7-8H2,1H3/q+1. The Morgan fingerprint density at radius 2 is 1.93 bits per heavy atom. The van der Waals surface area contributed by atoms with Gasteiger partial charge in [0, 0.05) is 12.0 Å². The fourth-order valence-corrected chi connectivity index (χ4v) is 1.67. The van der Waals surface area contributed by atoms with Crippen LogP contribution in [0.2, 0.25) is 0 Å². The predicted octanol–water partition coefficient (Wildman–Crippen LogP) is 2.48. The molecule has 0 aliphatic carbocycles. The third-order valence-corrected chi connectivity index (χ3v) is 2.46. The molecule has 0 saturated heterocycles. The Hall–Kier alpha value is -1.44. The zero-order valence-corrected chi connectivity index (χ0v) is 8.20. The molecule has 1 heterocycles. The zero-order valence-electron chi connectivity index (χ0n) is 8.20. The summed E-state index contributed by atoms with van der Waals surface area (Å²) < 4.78 is 15.4. The first-order chi connectivity index (χ1) is 6.77. The third kappa shape index (κ3) is 1.74. The van der Waals surface area contributed by atoms with Crippen LogP contribution in [0.5, 0.6) is 0 Å². The molecule has 0 bridgehead atoms. The summed E-state index contributed by atoms with van der Waals surface area (Å²) in [5, 5.41) is 0. The molecule has 0 spiro atoms. The van der Waals surface area contributed by atoms with E-state index in [1.54, 1.807) is 6.21 Å². The first-order valence-electron chi connectivity index (χ1n) is 4.76. The van der Waals surface area contributed by atoms with Gasteiger partial charge in [0.05, 0.1) is 0 Å². The number of halogens is 1. The van der Waals surface area contributed by atoms with Crippen molar-refractivity contribution in [3.05, 3.63) is 41.7 Å². The van der Waals surface area contributed by atoms with Crippen molar-refractivity contribution in [3.8, 4) is 0 Å². The summed E-state index contributed by atoms with van der Waals surface area (Å²) in [5.74, 6) is -0.107. The number of allylic oxidation sites excluding steroid dienone is 1. The Morgan fingerprint density at radius 1 is 1.21 bits per heavy atom. The van der Waals surface area contributed by atoms with Gasteiger partial charge in [-0.2, -0.15) is 0 Å². The van der Waals surface area contributed by atoms with E-state index < -0.39 is 0 Å². The molecule has 1 aromatic carbocycles. The lowest BCUT2D eigenvalue weighted by molar-refractivity contribution is -0.492. The molecule has 1 aromatic rings. The molecular formula is C12H13FN+. The van der Waals surface area contributed by atoms with Crippen LogP contribution in [-0.4, -0.2) is 24.4 Å². The second-order valence-electron chi connectivity index (χ2n) is 3.55. The quantitative estimate of drug-likeness (QED) is 0.598. The summed E-state index contributed by atoms with van der Waals surface area (Å²) >= 11 is 0. The van der Waals surface area contributed by atoms with E-state index in [4.69, 9.17) is 0 Å². The summed E-state index contributed by atoms with van der Waals surface area (Å²) in [4.78, 5) is 0. The summed E-state index contributed by atoms with van der Waals surface area (Å²) in [5.41, 5.74) is 1.82. The van der Waals surface area contributed by atoms with E-state index in [2.05, 4.69) is 0 Å². The number of nitrogens with zero attached hydrogens (tertiary/aromatic N) is 1. The van der Waals surface area contributed by atoms with Gasteiger partial charge in [0.15, 0.2) is 12.0 Å². The minimum absolute atomic E-state index is 0.107. The fourth-order valence-electron chi connectivity index (χ4n) is 1.67. The summed E-state index contributed by atoms with van der Waals surface area (Å²) in [6, 6.07) is 9.73. The van der Waals surface area contributed by atoms with Gasteiger partial charge in [-0.3, -0.25) is 0 Å².